The van der Waals surface area contributed by atoms with E-state index in [1.165, 1.54) is 24.1 Å². The number of aromatic amines is 1. The van der Waals surface area contributed by atoms with Crippen LogP contribution in [0, 0.1) is 0 Å². The molecule has 1 saturated carbocycles. The fourth-order valence-corrected chi connectivity index (χ4v) is 3.31. The molecule has 2 aromatic carbocycles. The van der Waals surface area contributed by atoms with E-state index >= 15 is 0 Å². The van der Waals surface area contributed by atoms with Crippen molar-refractivity contribution in [2.45, 2.75) is 31.6 Å². The van der Waals surface area contributed by atoms with E-state index in [0.717, 1.165) is 41.5 Å². The highest BCUT2D eigenvalue weighted by Crippen LogP contribution is 2.39. The summed E-state index contributed by atoms with van der Waals surface area (Å²) in [5.41, 5.74) is 11.0. The summed E-state index contributed by atoms with van der Waals surface area (Å²) < 4.78 is 5.55. The fourth-order valence-electron chi connectivity index (χ4n) is 3.31. The first kappa shape index (κ1) is 18.4. The molecular formula is C22H27N5O. The van der Waals surface area contributed by atoms with Crippen LogP contribution in [0.4, 0.5) is 22.9 Å². The number of ether oxygens (including phenoxy) is 1. The number of benzene rings is 2. The summed E-state index contributed by atoms with van der Waals surface area (Å²) in [4.78, 5) is 0. The maximum absolute atomic E-state index is 5.62. The van der Waals surface area contributed by atoms with Gasteiger partial charge in [-0.15, -0.1) is 0 Å². The van der Waals surface area contributed by atoms with Gasteiger partial charge in [0.25, 0.3) is 0 Å². The predicted molar refractivity (Wildman–Crippen MR) is 114 cm³/mol. The number of nitrogens with zero attached hydrogens (tertiary/aromatic N) is 1. The van der Waals surface area contributed by atoms with Gasteiger partial charge in [0.15, 0.2) is 5.82 Å². The number of aromatic nitrogens is 2. The van der Waals surface area contributed by atoms with Crippen LogP contribution >= 0.6 is 0 Å². The van der Waals surface area contributed by atoms with Crippen LogP contribution in [0.5, 0.6) is 5.75 Å². The highest BCUT2D eigenvalue weighted by atomic mass is 16.5. The van der Waals surface area contributed by atoms with Crippen LogP contribution in [0.1, 0.15) is 36.4 Å². The molecule has 0 amide bonds. The molecule has 1 fully saturated rings. The number of methoxy groups -OCH3 is 1. The van der Waals surface area contributed by atoms with Gasteiger partial charge in [0.1, 0.15) is 5.75 Å². The van der Waals surface area contributed by atoms with Gasteiger partial charge in [-0.1, -0.05) is 12.1 Å². The second-order valence-corrected chi connectivity index (χ2v) is 7.23. The number of aryl methyl sites for hydroxylation is 1. The van der Waals surface area contributed by atoms with Crippen LogP contribution in [0.25, 0.3) is 0 Å². The van der Waals surface area contributed by atoms with Gasteiger partial charge in [-0.2, -0.15) is 5.10 Å². The molecule has 146 valence electrons. The van der Waals surface area contributed by atoms with Gasteiger partial charge in [0.05, 0.1) is 7.11 Å². The molecule has 28 heavy (non-hydrogen) atoms. The lowest BCUT2D eigenvalue weighted by Gasteiger charge is -2.13. The first-order valence-corrected chi connectivity index (χ1v) is 9.81. The summed E-state index contributed by atoms with van der Waals surface area (Å²) in [6, 6.07) is 16.5. The van der Waals surface area contributed by atoms with Gasteiger partial charge >= 0.3 is 0 Å². The minimum atomic E-state index is 0.666. The number of anilines is 4. The largest absolute Gasteiger partial charge is 0.496 e. The third kappa shape index (κ3) is 4.46. The first-order valence-electron chi connectivity index (χ1n) is 9.81. The molecule has 0 bridgehead atoms. The van der Waals surface area contributed by atoms with Crippen LogP contribution in [0.15, 0.2) is 48.5 Å². The van der Waals surface area contributed by atoms with Crippen molar-refractivity contribution >= 4 is 22.9 Å². The zero-order valence-corrected chi connectivity index (χ0v) is 16.2. The molecule has 1 aliphatic carbocycles. The van der Waals surface area contributed by atoms with Crippen molar-refractivity contribution in [1.29, 1.82) is 0 Å². The standard InChI is InChI=1S/C22H27N5O/c1-28-21-13-19(10-9-16(21)4-3-11-23)24-17-5-2-6-18(12-17)25-22-14-20(26-27-22)15-7-8-15/h2,5-6,9-10,12-15,24H,3-4,7-8,11,23H2,1H3,(H2,25,26,27). The Bertz CT molecular complexity index is 932. The molecule has 0 spiro atoms. The molecule has 6 nitrogen and oxygen atoms in total. The average Bonchev–Trinajstić information content (AvgIpc) is 3.46. The van der Waals surface area contributed by atoms with Crippen LogP contribution in [-0.2, 0) is 6.42 Å². The number of rotatable bonds is 9. The molecule has 5 N–H and O–H groups in total. The Hall–Kier alpha value is -2.99. The zero-order chi connectivity index (χ0) is 19.3. The molecule has 6 heteroatoms. The maximum atomic E-state index is 5.62. The molecule has 1 heterocycles. The number of hydrogen-bond donors (Lipinski definition) is 4. The van der Waals surface area contributed by atoms with Crippen LogP contribution in [0.2, 0.25) is 0 Å². The Labute approximate surface area is 165 Å². The third-order valence-corrected chi connectivity index (χ3v) is 4.98. The van der Waals surface area contributed by atoms with E-state index in [1.807, 2.05) is 24.3 Å². The van der Waals surface area contributed by atoms with Crippen molar-refractivity contribution in [2.24, 2.45) is 5.73 Å². The summed E-state index contributed by atoms with van der Waals surface area (Å²) in [6.45, 7) is 0.682. The van der Waals surface area contributed by atoms with Crippen LogP contribution in [-0.4, -0.2) is 23.9 Å². The average molecular weight is 377 g/mol. The Morgan fingerprint density at radius 3 is 2.61 bits per heavy atom. The smallest absolute Gasteiger partial charge is 0.152 e. The van der Waals surface area contributed by atoms with Crippen LogP contribution < -0.4 is 21.1 Å². The van der Waals surface area contributed by atoms with E-state index in [1.54, 1.807) is 7.11 Å². The maximum Gasteiger partial charge on any atom is 0.152 e. The Kier molecular flexibility index (Phi) is 5.48. The lowest BCUT2D eigenvalue weighted by Crippen LogP contribution is -2.02. The van der Waals surface area contributed by atoms with E-state index in [4.69, 9.17) is 10.5 Å². The first-order chi connectivity index (χ1) is 13.7. The van der Waals surface area contributed by atoms with E-state index in [9.17, 15) is 0 Å². The minimum absolute atomic E-state index is 0.666. The molecule has 3 aromatic rings. The quantitative estimate of drug-likeness (QED) is 0.435. The Balaban J connectivity index is 1.45. The van der Waals surface area contributed by atoms with Gasteiger partial charge < -0.3 is 21.1 Å². The van der Waals surface area contributed by atoms with Gasteiger partial charge in [0, 0.05) is 40.8 Å². The van der Waals surface area contributed by atoms with Crippen molar-refractivity contribution in [3.8, 4) is 5.75 Å². The van der Waals surface area contributed by atoms with Crippen molar-refractivity contribution in [3.05, 3.63) is 59.8 Å². The lowest BCUT2D eigenvalue weighted by molar-refractivity contribution is 0.409. The van der Waals surface area contributed by atoms with E-state index < -0.39 is 0 Å². The van der Waals surface area contributed by atoms with Crippen molar-refractivity contribution in [3.63, 3.8) is 0 Å². The highest BCUT2D eigenvalue weighted by molar-refractivity contribution is 5.68. The van der Waals surface area contributed by atoms with Crippen molar-refractivity contribution in [1.82, 2.24) is 10.2 Å². The minimum Gasteiger partial charge on any atom is -0.496 e. The molecular weight excluding hydrogens is 350 g/mol. The second-order valence-electron chi connectivity index (χ2n) is 7.23. The van der Waals surface area contributed by atoms with E-state index in [0.29, 0.717) is 12.5 Å². The van der Waals surface area contributed by atoms with Crippen molar-refractivity contribution in [2.75, 3.05) is 24.3 Å². The van der Waals surface area contributed by atoms with Gasteiger partial charge in [-0.3, -0.25) is 5.10 Å². The van der Waals surface area contributed by atoms with E-state index in [2.05, 4.69) is 45.1 Å². The Morgan fingerprint density at radius 2 is 1.86 bits per heavy atom. The third-order valence-electron chi connectivity index (χ3n) is 4.98. The van der Waals surface area contributed by atoms with Gasteiger partial charge in [-0.25, -0.2) is 0 Å². The molecule has 0 atom stereocenters. The topological polar surface area (TPSA) is 88.0 Å². The second kappa shape index (κ2) is 8.35. The SMILES string of the molecule is COc1cc(Nc2cccc(Nc3cc(C4CC4)[nH]n3)c2)ccc1CCCN. The van der Waals surface area contributed by atoms with E-state index in [-0.39, 0.29) is 0 Å². The molecule has 0 aliphatic heterocycles. The number of hydrogen-bond acceptors (Lipinski definition) is 5. The molecule has 0 radical (unpaired) electrons. The Morgan fingerprint density at radius 1 is 1.07 bits per heavy atom. The fraction of sp³-hybridized carbons (Fsp3) is 0.318. The normalized spacial score (nSPS) is 13.4. The van der Waals surface area contributed by atoms with Gasteiger partial charge in [0.2, 0.25) is 0 Å². The predicted octanol–water partition coefficient (Wildman–Crippen LogP) is 4.67. The van der Waals surface area contributed by atoms with Crippen LogP contribution in [0.3, 0.4) is 0 Å². The molecule has 0 unspecified atom stereocenters. The van der Waals surface area contributed by atoms with Crippen molar-refractivity contribution < 1.29 is 4.74 Å². The molecule has 1 aromatic heterocycles. The van der Waals surface area contributed by atoms with Gasteiger partial charge in [-0.05, 0) is 62.1 Å². The summed E-state index contributed by atoms with van der Waals surface area (Å²) in [5.74, 6) is 2.40. The molecule has 1 aliphatic rings. The number of H-pyrrole nitrogens is 1. The zero-order valence-electron chi connectivity index (χ0n) is 16.2. The molecule has 0 saturated heterocycles. The number of nitrogens with one attached hydrogen (secondary N) is 3. The summed E-state index contributed by atoms with van der Waals surface area (Å²) in [7, 11) is 1.70. The molecule has 4 rings (SSSR count). The monoisotopic (exact) mass is 377 g/mol. The number of nitrogens with two attached hydrogens (primary N) is 1. The summed E-state index contributed by atoms with van der Waals surface area (Å²) in [6.07, 6.45) is 4.39. The lowest BCUT2D eigenvalue weighted by atomic mass is 10.1. The summed E-state index contributed by atoms with van der Waals surface area (Å²) >= 11 is 0. The highest BCUT2D eigenvalue weighted by Gasteiger charge is 2.25. The summed E-state index contributed by atoms with van der Waals surface area (Å²) in [5, 5.41) is 14.3.